The quantitative estimate of drug-likeness (QED) is 0.561. The third kappa shape index (κ3) is 2.74. The standard InChI is InChI=1S/C11H14O4/c1-3-7-15-9-6-4-5-8(10(9)12)11(13)14-2/h1,9,12H,4-7H2,2H3. The Bertz CT molecular complexity index is 311. The summed E-state index contributed by atoms with van der Waals surface area (Å²) in [5.74, 6) is 1.78. The summed E-state index contributed by atoms with van der Waals surface area (Å²) in [6.45, 7) is 0.128. The molecule has 0 aliphatic heterocycles. The molecule has 1 aliphatic rings. The van der Waals surface area contributed by atoms with E-state index in [0.29, 0.717) is 18.4 Å². The highest BCUT2D eigenvalue weighted by Gasteiger charge is 2.27. The summed E-state index contributed by atoms with van der Waals surface area (Å²) in [6.07, 6.45) is 6.56. The summed E-state index contributed by atoms with van der Waals surface area (Å²) in [6, 6.07) is 0. The molecule has 1 unspecified atom stereocenters. The SMILES string of the molecule is C#CCOC1CCCC(C(=O)OC)=C1O. The van der Waals surface area contributed by atoms with E-state index in [9.17, 15) is 9.90 Å². The van der Waals surface area contributed by atoms with Crippen LogP contribution in [0.2, 0.25) is 0 Å². The molecule has 0 aromatic rings. The van der Waals surface area contributed by atoms with E-state index < -0.39 is 12.1 Å². The molecule has 0 spiro atoms. The van der Waals surface area contributed by atoms with Crippen LogP contribution in [0.1, 0.15) is 19.3 Å². The largest absolute Gasteiger partial charge is 0.509 e. The van der Waals surface area contributed by atoms with Gasteiger partial charge in [-0.2, -0.15) is 0 Å². The van der Waals surface area contributed by atoms with Gasteiger partial charge in [-0.25, -0.2) is 4.79 Å². The van der Waals surface area contributed by atoms with Crippen molar-refractivity contribution in [1.29, 1.82) is 0 Å². The zero-order chi connectivity index (χ0) is 11.3. The zero-order valence-electron chi connectivity index (χ0n) is 8.66. The minimum Gasteiger partial charge on any atom is -0.509 e. The first-order chi connectivity index (χ1) is 7.20. The van der Waals surface area contributed by atoms with Gasteiger partial charge in [0, 0.05) is 0 Å². The molecule has 0 aromatic heterocycles. The lowest BCUT2D eigenvalue weighted by Crippen LogP contribution is -2.24. The number of carbonyl (C=O) groups excluding carboxylic acids is 1. The lowest BCUT2D eigenvalue weighted by molar-refractivity contribution is -0.137. The van der Waals surface area contributed by atoms with Crippen molar-refractivity contribution >= 4 is 5.97 Å². The minimum atomic E-state index is -0.499. The van der Waals surface area contributed by atoms with E-state index in [1.807, 2.05) is 0 Å². The van der Waals surface area contributed by atoms with Gasteiger partial charge in [-0.15, -0.1) is 6.42 Å². The van der Waals surface area contributed by atoms with Gasteiger partial charge in [-0.1, -0.05) is 5.92 Å². The van der Waals surface area contributed by atoms with Crippen LogP contribution in [-0.2, 0) is 14.3 Å². The van der Waals surface area contributed by atoms with E-state index >= 15 is 0 Å². The molecule has 15 heavy (non-hydrogen) atoms. The van der Waals surface area contributed by atoms with Crippen molar-refractivity contribution in [3.05, 3.63) is 11.3 Å². The highest BCUT2D eigenvalue weighted by atomic mass is 16.5. The van der Waals surface area contributed by atoms with Gasteiger partial charge in [0.25, 0.3) is 0 Å². The maximum absolute atomic E-state index is 11.3. The molecule has 82 valence electrons. The zero-order valence-corrected chi connectivity index (χ0v) is 8.66. The smallest absolute Gasteiger partial charge is 0.337 e. The topological polar surface area (TPSA) is 55.8 Å². The molecule has 0 amide bonds. The fourth-order valence-electron chi connectivity index (χ4n) is 1.56. The van der Waals surface area contributed by atoms with Crippen LogP contribution in [0.15, 0.2) is 11.3 Å². The summed E-state index contributed by atoms with van der Waals surface area (Å²) in [7, 11) is 1.29. The summed E-state index contributed by atoms with van der Waals surface area (Å²) in [5, 5.41) is 9.74. The van der Waals surface area contributed by atoms with E-state index in [1.165, 1.54) is 7.11 Å². The van der Waals surface area contributed by atoms with Crippen LogP contribution in [0.4, 0.5) is 0 Å². The van der Waals surface area contributed by atoms with Crippen molar-refractivity contribution in [3.8, 4) is 12.3 Å². The van der Waals surface area contributed by atoms with Crippen LogP contribution >= 0.6 is 0 Å². The average molecular weight is 210 g/mol. The van der Waals surface area contributed by atoms with Crippen molar-refractivity contribution in [2.24, 2.45) is 0 Å². The number of hydrogen-bond acceptors (Lipinski definition) is 4. The van der Waals surface area contributed by atoms with Gasteiger partial charge in [0.15, 0.2) is 0 Å². The number of rotatable bonds is 3. The van der Waals surface area contributed by atoms with Crippen molar-refractivity contribution in [3.63, 3.8) is 0 Å². The van der Waals surface area contributed by atoms with Crippen molar-refractivity contribution in [2.75, 3.05) is 13.7 Å². The molecule has 0 saturated carbocycles. The van der Waals surface area contributed by atoms with Crippen LogP contribution < -0.4 is 0 Å². The van der Waals surface area contributed by atoms with Crippen LogP contribution in [-0.4, -0.2) is 30.9 Å². The second-order valence-corrected chi connectivity index (χ2v) is 3.25. The van der Waals surface area contributed by atoms with Gasteiger partial charge in [-0.05, 0) is 19.3 Å². The van der Waals surface area contributed by atoms with Crippen molar-refractivity contribution in [1.82, 2.24) is 0 Å². The second kappa shape index (κ2) is 5.42. The highest BCUT2D eigenvalue weighted by molar-refractivity contribution is 5.89. The number of aliphatic hydroxyl groups is 1. The summed E-state index contributed by atoms with van der Waals surface area (Å²) in [4.78, 5) is 11.3. The average Bonchev–Trinajstić information content (AvgIpc) is 2.27. The predicted octanol–water partition coefficient (Wildman–Crippen LogP) is 1.17. The first kappa shape index (κ1) is 11.6. The molecule has 4 nitrogen and oxygen atoms in total. The van der Waals surface area contributed by atoms with E-state index in [2.05, 4.69) is 10.7 Å². The maximum atomic E-state index is 11.3. The van der Waals surface area contributed by atoms with E-state index in [4.69, 9.17) is 11.2 Å². The van der Waals surface area contributed by atoms with Crippen LogP contribution in [0.25, 0.3) is 0 Å². The number of ether oxygens (including phenoxy) is 2. The first-order valence-electron chi connectivity index (χ1n) is 4.76. The third-order valence-corrected chi connectivity index (χ3v) is 2.31. The Balaban J connectivity index is 2.76. The Kier molecular flexibility index (Phi) is 4.19. The molecule has 1 aliphatic carbocycles. The van der Waals surface area contributed by atoms with Gasteiger partial charge in [0.2, 0.25) is 0 Å². The van der Waals surface area contributed by atoms with E-state index in [1.54, 1.807) is 0 Å². The van der Waals surface area contributed by atoms with Gasteiger partial charge >= 0.3 is 5.97 Å². The fraction of sp³-hybridized carbons (Fsp3) is 0.545. The van der Waals surface area contributed by atoms with E-state index in [0.717, 1.165) is 6.42 Å². The van der Waals surface area contributed by atoms with Crippen LogP contribution in [0.5, 0.6) is 0 Å². The van der Waals surface area contributed by atoms with Crippen molar-refractivity contribution < 1.29 is 19.4 Å². The Morgan fingerprint density at radius 2 is 2.47 bits per heavy atom. The lowest BCUT2D eigenvalue weighted by atomic mass is 9.95. The van der Waals surface area contributed by atoms with Crippen molar-refractivity contribution in [2.45, 2.75) is 25.4 Å². The van der Waals surface area contributed by atoms with Gasteiger partial charge in [0.1, 0.15) is 18.5 Å². The number of esters is 1. The Morgan fingerprint density at radius 3 is 3.07 bits per heavy atom. The minimum absolute atomic E-state index is 0.0386. The Hall–Kier alpha value is -1.47. The number of hydrogen-bond donors (Lipinski definition) is 1. The Morgan fingerprint density at radius 1 is 1.73 bits per heavy atom. The fourth-order valence-corrected chi connectivity index (χ4v) is 1.56. The van der Waals surface area contributed by atoms with Gasteiger partial charge in [-0.3, -0.25) is 0 Å². The molecule has 1 N–H and O–H groups in total. The summed E-state index contributed by atoms with van der Waals surface area (Å²) < 4.78 is 9.78. The molecule has 1 atom stereocenters. The maximum Gasteiger partial charge on any atom is 0.337 e. The Labute approximate surface area is 88.9 Å². The normalized spacial score (nSPS) is 20.9. The summed E-state index contributed by atoms with van der Waals surface area (Å²) in [5.41, 5.74) is 0.297. The molecule has 4 heteroatoms. The molecule has 0 bridgehead atoms. The molecule has 1 rings (SSSR count). The highest BCUT2D eigenvalue weighted by Crippen LogP contribution is 2.26. The number of terminal acetylenes is 1. The first-order valence-corrected chi connectivity index (χ1v) is 4.76. The van der Waals surface area contributed by atoms with E-state index in [-0.39, 0.29) is 12.4 Å². The lowest BCUT2D eigenvalue weighted by Gasteiger charge is -2.22. The second-order valence-electron chi connectivity index (χ2n) is 3.25. The van der Waals surface area contributed by atoms with Crippen LogP contribution in [0.3, 0.4) is 0 Å². The molecule has 0 aromatic carbocycles. The molecular formula is C11H14O4. The molecule has 0 fully saturated rings. The molecule has 0 saturated heterocycles. The molecular weight excluding hydrogens is 196 g/mol. The number of methoxy groups -OCH3 is 1. The monoisotopic (exact) mass is 210 g/mol. The van der Waals surface area contributed by atoms with Gasteiger partial charge < -0.3 is 14.6 Å². The van der Waals surface area contributed by atoms with Crippen LogP contribution in [0, 0.1) is 12.3 Å². The molecule has 0 heterocycles. The third-order valence-electron chi connectivity index (χ3n) is 2.31. The molecule has 0 radical (unpaired) electrons. The number of carbonyl (C=O) groups is 1. The predicted molar refractivity (Wildman–Crippen MR) is 54.1 cm³/mol. The number of aliphatic hydroxyl groups excluding tert-OH is 1. The summed E-state index contributed by atoms with van der Waals surface area (Å²) >= 11 is 0. The van der Waals surface area contributed by atoms with Gasteiger partial charge in [0.05, 0.1) is 12.7 Å².